The zero-order valence-electron chi connectivity index (χ0n) is 11.9. The van der Waals surface area contributed by atoms with Crippen molar-refractivity contribution in [2.24, 2.45) is 23.2 Å². The third kappa shape index (κ3) is 2.41. The Bertz CT molecular complexity index is 250. The van der Waals surface area contributed by atoms with Gasteiger partial charge in [-0.3, -0.25) is 0 Å². The molecule has 0 aromatic heterocycles. The van der Waals surface area contributed by atoms with E-state index in [1.54, 1.807) is 0 Å². The van der Waals surface area contributed by atoms with E-state index >= 15 is 0 Å². The average Bonchev–Trinajstić information content (AvgIpc) is 2.64. The standard InChI is InChI=1S/C16H30O/c1-4-5-7-12(2)13-9-10-14-15(17)8-6-11-16(13,14)3/h12-15,17H,4-11H2,1-3H3/t12-,13+,14-,15-,16+/m0/s1. The first-order chi connectivity index (χ1) is 8.09. The second kappa shape index (κ2) is 5.30. The van der Waals surface area contributed by atoms with Crippen LogP contribution in [0.5, 0.6) is 0 Å². The van der Waals surface area contributed by atoms with E-state index in [0.717, 1.165) is 18.3 Å². The Hall–Kier alpha value is -0.0400. The number of aliphatic hydroxyl groups excluding tert-OH is 1. The Kier molecular flexibility index (Phi) is 4.18. The average molecular weight is 238 g/mol. The Labute approximate surface area is 107 Å². The zero-order valence-corrected chi connectivity index (χ0v) is 11.9. The molecule has 2 saturated carbocycles. The van der Waals surface area contributed by atoms with Crippen molar-refractivity contribution in [2.75, 3.05) is 0 Å². The molecule has 100 valence electrons. The van der Waals surface area contributed by atoms with Gasteiger partial charge in [-0.2, -0.15) is 0 Å². The Morgan fingerprint density at radius 3 is 2.76 bits per heavy atom. The molecular formula is C16H30O. The molecule has 1 heteroatoms. The van der Waals surface area contributed by atoms with Crippen LogP contribution in [0.15, 0.2) is 0 Å². The lowest BCUT2D eigenvalue weighted by Crippen LogP contribution is -2.41. The summed E-state index contributed by atoms with van der Waals surface area (Å²) in [6.07, 6.45) is 10.4. The Morgan fingerprint density at radius 1 is 1.29 bits per heavy atom. The van der Waals surface area contributed by atoms with Gasteiger partial charge in [0.15, 0.2) is 0 Å². The van der Waals surface area contributed by atoms with Crippen LogP contribution in [0.25, 0.3) is 0 Å². The molecule has 0 spiro atoms. The van der Waals surface area contributed by atoms with E-state index in [1.165, 1.54) is 44.9 Å². The van der Waals surface area contributed by atoms with Crippen LogP contribution in [0.1, 0.15) is 72.1 Å². The predicted octanol–water partition coefficient (Wildman–Crippen LogP) is 4.39. The van der Waals surface area contributed by atoms with Gasteiger partial charge < -0.3 is 5.11 Å². The maximum atomic E-state index is 10.2. The highest BCUT2D eigenvalue weighted by atomic mass is 16.3. The summed E-state index contributed by atoms with van der Waals surface area (Å²) in [6.45, 7) is 7.21. The summed E-state index contributed by atoms with van der Waals surface area (Å²) in [5.41, 5.74) is 0.449. The molecule has 1 nitrogen and oxygen atoms in total. The summed E-state index contributed by atoms with van der Waals surface area (Å²) in [5, 5.41) is 10.2. The molecule has 0 unspecified atom stereocenters. The molecule has 17 heavy (non-hydrogen) atoms. The zero-order chi connectivity index (χ0) is 12.5. The van der Waals surface area contributed by atoms with E-state index < -0.39 is 0 Å². The van der Waals surface area contributed by atoms with Gasteiger partial charge in [0.2, 0.25) is 0 Å². The van der Waals surface area contributed by atoms with Crippen LogP contribution in [0.2, 0.25) is 0 Å². The maximum Gasteiger partial charge on any atom is 0.0573 e. The third-order valence-electron chi connectivity index (χ3n) is 5.86. The lowest BCUT2D eigenvalue weighted by atomic mass is 9.61. The van der Waals surface area contributed by atoms with Crippen LogP contribution in [0.4, 0.5) is 0 Å². The normalized spacial score (nSPS) is 43.4. The highest BCUT2D eigenvalue weighted by molar-refractivity contribution is 5.01. The van der Waals surface area contributed by atoms with Crippen LogP contribution >= 0.6 is 0 Å². The highest BCUT2D eigenvalue weighted by Gasteiger charge is 2.51. The summed E-state index contributed by atoms with van der Waals surface area (Å²) < 4.78 is 0. The van der Waals surface area contributed by atoms with Crippen LogP contribution in [0, 0.1) is 23.2 Å². The summed E-state index contributed by atoms with van der Waals surface area (Å²) in [5.74, 6) is 2.33. The van der Waals surface area contributed by atoms with Crippen molar-refractivity contribution in [3.63, 3.8) is 0 Å². The molecule has 1 N–H and O–H groups in total. The smallest absolute Gasteiger partial charge is 0.0573 e. The molecule has 2 fully saturated rings. The van der Waals surface area contributed by atoms with Crippen molar-refractivity contribution < 1.29 is 5.11 Å². The first-order valence-electron chi connectivity index (χ1n) is 7.77. The molecule has 5 atom stereocenters. The maximum absolute atomic E-state index is 10.2. The van der Waals surface area contributed by atoms with Gasteiger partial charge in [-0.15, -0.1) is 0 Å². The largest absolute Gasteiger partial charge is 0.393 e. The van der Waals surface area contributed by atoms with Crippen LogP contribution < -0.4 is 0 Å². The van der Waals surface area contributed by atoms with E-state index in [2.05, 4.69) is 20.8 Å². The minimum absolute atomic E-state index is 0.00266. The van der Waals surface area contributed by atoms with E-state index in [-0.39, 0.29) is 6.10 Å². The molecule has 0 aliphatic heterocycles. The van der Waals surface area contributed by atoms with Crippen molar-refractivity contribution in [1.29, 1.82) is 0 Å². The summed E-state index contributed by atoms with van der Waals surface area (Å²) in [7, 11) is 0. The van der Waals surface area contributed by atoms with Gasteiger partial charge in [-0.25, -0.2) is 0 Å². The minimum atomic E-state index is -0.00266. The van der Waals surface area contributed by atoms with Crippen molar-refractivity contribution >= 4 is 0 Å². The van der Waals surface area contributed by atoms with E-state index in [1.807, 2.05) is 0 Å². The molecule has 0 aromatic rings. The molecule has 2 rings (SSSR count). The summed E-state index contributed by atoms with van der Waals surface area (Å²) >= 11 is 0. The van der Waals surface area contributed by atoms with Gasteiger partial charge in [-0.1, -0.05) is 46.5 Å². The molecule has 2 aliphatic carbocycles. The quantitative estimate of drug-likeness (QED) is 0.770. The number of aliphatic hydroxyl groups is 1. The summed E-state index contributed by atoms with van der Waals surface area (Å²) in [6, 6.07) is 0. The number of fused-ring (bicyclic) bond motifs is 1. The van der Waals surface area contributed by atoms with Crippen LogP contribution in [-0.2, 0) is 0 Å². The molecule has 0 amide bonds. The topological polar surface area (TPSA) is 20.2 Å². The molecule has 2 aliphatic rings. The highest BCUT2D eigenvalue weighted by Crippen LogP contribution is 2.58. The van der Waals surface area contributed by atoms with Gasteiger partial charge >= 0.3 is 0 Å². The van der Waals surface area contributed by atoms with Crippen LogP contribution in [0.3, 0.4) is 0 Å². The second-order valence-corrected chi connectivity index (χ2v) is 6.88. The number of hydrogen-bond donors (Lipinski definition) is 1. The molecule has 0 bridgehead atoms. The molecule has 0 aromatic carbocycles. The number of rotatable bonds is 4. The van der Waals surface area contributed by atoms with Crippen molar-refractivity contribution in [1.82, 2.24) is 0 Å². The van der Waals surface area contributed by atoms with Crippen molar-refractivity contribution in [2.45, 2.75) is 78.2 Å². The third-order valence-corrected chi connectivity index (χ3v) is 5.86. The number of unbranched alkanes of at least 4 members (excludes halogenated alkanes) is 1. The fraction of sp³-hybridized carbons (Fsp3) is 1.00. The SMILES string of the molecule is CCCC[C@H](C)[C@H]1CC[C@H]2[C@@H](O)CCC[C@]12C. The predicted molar refractivity (Wildman–Crippen MR) is 72.9 cm³/mol. The molecular weight excluding hydrogens is 208 g/mol. The second-order valence-electron chi connectivity index (χ2n) is 6.88. The first kappa shape index (κ1) is 13.4. The van der Waals surface area contributed by atoms with Gasteiger partial charge in [0.25, 0.3) is 0 Å². The van der Waals surface area contributed by atoms with Gasteiger partial charge in [0, 0.05) is 0 Å². The van der Waals surface area contributed by atoms with E-state index in [0.29, 0.717) is 11.3 Å². The fourth-order valence-corrected chi connectivity index (χ4v) is 4.85. The number of hydrogen-bond acceptors (Lipinski definition) is 1. The van der Waals surface area contributed by atoms with Gasteiger partial charge in [-0.05, 0) is 48.9 Å². The van der Waals surface area contributed by atoms with E-state index in [4.69, 9.17) is 0 Å². The van der Waals surface area contributed by atoms with Gasteiger partial charge in [0.05, 0.1) is 6.10 Å². The van der Waals surface area contributed by atoms with E-state index in [9.17, 15) is 5.11 Å². The molecule has 0 radical (unpaired) electrons. The fourth-order valence-electron chi connectivity index (χ4n) is 4.85. The van der Waals surface area contributed by atoms with Crippen molar-refractivity contribution in [3.8, 4) is 0 Å². The monoisotopic (exact) mass is 238 g/mol. The molecule has 0 saturated heterocycles. The lowest BCUT2D eigenvalue weighted by Gasteiger charge is -2.45. The van der Waals surface area contributed by atoms with Crippen LogP contribution in [-0.4, -0.2) is 11.2 Å². The molecule has 0 heterocycles. The minimum Gasteiger partial charge on any atom is -0.393 e. The van der Waals surface area contributed by atoms with Gasteiger partial charge in [0.1, 0.15) is 0 Å². The van der Waals surface area contributed by atoms with Crippen molar-refractivity contribution in [3.05, 3.63) is 0 Å². The first-order valence-corrected chi connectivity index (χ1v) is 7.77. The Morgan fingerprint density at radius 2 is 2.06 bits per heavy atom. The summed E-state index contributed by atoms with van der Waals surface area (Å²) in [4.78, 5) is 0. The lowest BCUT2D eigenvalue weighted by molar-refractivity contribution is -0.0277. The Balaban J connectivity index is 2.04.